The lowest BCUT2D eigenvalue weighted by atomic mass is 10.0. The largest absolute Gasteiger partial charge is 0.510 e. The Morgan fingerprint density at radius 1 is 1.25 bits per heavy atom. The SMILES string of the molecule is CCOc1ccc(C(C)=NOCCCCC2COC(C)(OC(=O)O)OC2)cc1. The van der Waals surface area contributed by atoms with Gasteiger partial charge in [-0.3, -0.25) is 0 Å². The van der Waals surface area contributed by atoms with Crippen molar-refractivity contribution in [2.75, 3.05) is 26.4 Å². The van der Waals surface area contributed by atoms with E-state index in [4.69, 9.17) is 24.2 Å². The van der Waals surface area contributed by atoms with E-state index < -0.39 is 12.1 Å². The van der Waals surface area contributed by atoms with E-state index in [1.807, 2.05) is 38.1 Å². The van der Waals surface area contributed by atoms with Gasteiger partial charge in [-0.15, -0.1) is 0 Å². The topological polar surface area (TPSA) is 95.8 Å². The molecule has 1 aromatic rings. The van der Waals surface area contributed by atoms with Crippen molar-refractivity contribution in [2.45, 2.75) is 46.0 Å². The van der Waals surface area contributed by atoms with Crippen molar-refractivity contribution in [3.63, 3.8) is 0 Å². The maximum atomic E-state index is 10.6. The molecule has 0 aromatic heterocycles. The molecule has 0 atom stereocenters. The van der Waals surface area contributed by atoms with Gasteiger partial charge in [-0.05, 0) is 62.9 Å². The molecule has 1 saturated heterocycles. The molecule has 0 saturated carbocycles. The smallest absolute Gasteiger partial charge is 0.494 e. The van der Waals surface area contributed by atoms with Gasteiger partial charge >= 0.3 is 12.1 Å². The minimum absolute atomic E-state index is 0.208. The van der Waals surface area contributed by atoms with Crippen LogP contribution in [0, 0.1) is 5.92 Å². The summed E-state index contributed by atoms with van der Waals surface area (Å²) in [5.74, 6) is -0.455. The van der Waals surface area contributed by atoms with Crippen molar-refractivity contribution in [1.29, 1.82) is 0 Å². The van der Waals surface area contributed by atoms with E-state index in [1.165, 1.54) is 6.92 Å². The van der Waals surface area contributed by atoms with Gasteiger partial charge in [0.2, 0.25) is 0 Å². The van der Waals surface area contributed by atoms with Gasteiger partial charge in [0.15, 0.2) is 0 Å². The molecular formula is C20H29NO7. The van der Waals surface area contributed by atoms with E-state index in [-0.39, 0.29) is 5.92 Å². The lowest BCUT2D eigenvalue weighted by molar-refractivity contribution is -0.379. The maximum Gasteiger partial charge on any atom is 0.510 e. The average Bonchev–Trinajstić information content (AvgIpc) is 2.66. The Morgan fingerprint density at radius 2 is 1.93 bits per heavy atom. The molecule has 0 unspecified atom stereocenters. The summed E-state index contributed by atoms with van der Waals surface area (Å²) in [5.41, 5.74) is 1.81. The predicted molar refractivity (Wildman–Crippen MR) is 103 cm³/mol. The van der Waals surface area contributed by atoms with Gasteiger partial charge in [0.05, 0.1) is 25.5 Å². The second-order valence-corrected chi connectivity index (χ2v) is 6.68. The average molecular weight is 395 g/mol. The highest BCUT2D eigenvalue weighted by atomic mass is 16.9. The molecule has 8 heteroatoms. The van der Waals surface area contributed by atoms with Crippen LogP contribution in [0.15, 0.2) is 29.4 Å². The third kappa shape index (κ3) is 7.36. The molecule has 8 nitrogen and oxygen atoms in total. The first-order valence-electron chi connectivity index (χ1n) is 9.51. The summed E-state index contributed by atoms with van der Waals surface area (Å²) < 4.78 is 20.8. The van der Waals surface area contributed by atoms with Crippen molar-refractivity contribution in [3.8, 4) is 5.75 Å². The van der Waals surface area contributed by atoms with Gasteiger partial charge in [0.1, 0.15) is 12.4 Å². The van der Waals surface area contributed by atoms with Crippen molar-refractivity contribution < 1.29 is 33.7 Å². The fraction of sp³-hybridized carbons (Fsp3) is 0.600. The van der Waals surface area contributed by atoms with Gasteiger partial charge in [0, 0.05) is 12.8 Å². The highest BCUT2D eigenvalue weighted by Gasteiger charge is 2.36. The van der Waals surface area contributed by atoms with Crippen LogP contribution in [0.3, 0.4) is 0 Å². The first kappa shape index (κ1) is 22.0. The van der Waals surface area contributed by atoms with Gasteiger partial charge in [-0.1, -0.05) is 5.16 Å². The molecule has 1 N–H and O–H groups in total. The summed E-state index contributed by atoms with van der Waals surface area (Å²) in [6, 6.07) is 7.74. The second-order valence-electron chi connectivity index (χ2n) is 6.68. The number of hydrogen-bond donors (Lipinski definition) is 1. The summed E-state index contributed by atoms with van der Waals surface area (Å²) in [6.07, 6.45) is 1.28. The van der Waals surface area contributed by atoms with E-state index >= 15 is 0 Å². The van der Waals surface area contributed by atoms with Crippen LogP contribution in [-0.2, 0) is 19.0 Å². The number of oxime groups is 1. The van der Waals surface area contributed by atoms with E-state index in [0.29, 0.717) is 26.4 Å². The second kappa shape index (κ2) is 10.9. The number of unbranched alkanes of at least 4 members (excludes halogenated alkanes) is 1. The van der Waals surface area contributed by atoms with Gasteiger partial charge in [0.25, 0.3) is 0 Å². The summed E-state index contributed by atoms with van der Waals surface area (Å²) in [7, 11) is 0. The number of benzene rings is 1. The minimum atomic E-state index is -1.50. The van der Waals surface area contributed by atoms with Gasteiger partial charge < -0.3 is 28.9 Å². The van der Waals surface area contributed by atoms with Crippen LogP contribution >= 0.6 is 0 Å². The molecule has 1 aliphatic rings. The standard InChI is InChI=1S/C20H29NO7/c1-4-24-18-10-8-17(9-11-18)15(2)21-27-12-6-5-7-16-13-25-20(3,26-14-16)28-19(22)23/h8-11,16H,4-7,12-14H2,1-3H3,(H,22,23). The van der Waals surface area contributed by atoms with Crippen molar-refractivity contribution >= 4 is 11.9 Å². The van der Waals surface area contributed by atoms with Crippen LogP contribution < -0.4 is 4.74 Å². The van der Waals surface area contributed by atoms with E-state index in [9.17, 15) is 4.79 Å². The third-order valence-electron chi connectivity index (χ3n) is 4.32. The third-order valence-corrected chi connectivity index (χ3v) is 4.32. The normalized spacial score (nSPS) is 22.5. The Hall–Kier alpha value is -2.32. The van der Waals surface area contributed by atoms with Crippen LogP contribution in [0.2, 0.25) is 0 Å². The Kier molecular flexibility index (Phi) is 8.53. The molecule has 0 aliphatic carbocycles. The molecule has 2 rings (SSSR count). The monoisotopic (exact) mass is 395 g/mol. The molecule has 28 heavy (non-hydrogen) atoms. The first-order chi connectivity index (χ1) is 13.4. The van der Waals surface area contributed by atoms with Crippen LogP contribution in [-0.4, -0.2) is 49.4 Å². The van der Waals surface area contributed by atoms with Gasteiger partial charge in [-0.25, -0.2) is 4.79 Å². The van der Waals surface area contributed by atoms with Gasteiger partial charge in [-0.2, -0.15) is 0 Å². The number of carbonyl (C=O) groups is 1. The Morgan fingerprint density at radius 3 is 2.54 bits per heavy atom. The summed E-state index contributed by atoms with van der Waals surface area (Å²) in [4.78, 5) is 16.0. The van der Waals surface area contributed by atoms with E-state index in [1.54, 1.807) is 0 Å². The molecule has 0 amide bonds. The molecule has 1 aromatic carbocycles. The highest BCUT2D eigenvalue weighted by molar-refractivity contribution is 5.98. The number of ether oxygens (including phenoxy) is 4. The van der Waals surface area contributed by atoms with Crippen molar-refractivity contribution in [3.05, 3.63) is 29.8 Å². The predicted octanol–water partition coefficient (Wildman–Crippen LogP) is 4.03. The summed E-state index contributed by atoms with van der Waals surface area (Å²) >= 11 is 0. The van der Waals surface area contributed by atoms with Crippen molar-refractivity contribution in [1.82, 2.24) is 0 Å². The zero-order valence-electron chi connectivity index (χ0n) is 16.7. The fourth-order valence-electron chi connectivity index (χ4n) is 2.77. The first-order valence-corrected chi connectivity index (χ1v) is 9.51. The highest BCUT2D eigenvalue weighted by Crippen LogP contribution is 2.25. The lowest BCUT2D eigenvalue weighted by Gasteiger charge is -2.35. The molecule has 0 spiro atoms. The molecule has 156 valence electrons. The molecule has 1 heterocycles. The zero-order valence-corrected chi connectivity index (χ0v) is 16.7. The Labute approximate surface area is 165 Å². The Balaban J connectivity index is 1.60. The molecule has 0 radical (unpaired) electrons. The maximum absolute atomic E-state index is 10.6. The summed E-state index contributed by atoms with van der Waals surface area (Å²) in [6.45, 7) is 7.29. The van der Waals surface area contributed by atoms with Crippen LogP contribution in [0.5, 0.6) is 5.75 Å². The Bertz CT molecular complexity index is 636. The number of nitrogens with zero attached hydrogens (tertiary/aromatic N) is 1. The number of carboxylic acid groups (broad SMARTS) is 1. The molecule has 1 fully saturated rings. The van der Waals surface area contributed by atoms with E-state index in [0.717, 1.165) is 36.3 Å². The lowest BCUT2D eigenvalue weighted by Crippen LogP contribution is -2.45. The zero-order chi connectivity index (χ0) is 20.4. The molecule has 0 bridgehead atoms. The quantitative estimate of drug-likeness (QED) is 0.276. The van der Waals surface area contributed by atoms with Crippen LogP contribution in [0.4, 0.5) is 4.79 Å². The van der Waals surface area contributed by atoms with Crippen LogP contribution in [0.25, 0.3) is 0 Å². The number of hydrogen-bond acceptors (Lipinski definition) is 7. The molecular weight excluding hydrogens is 366 g/mol. The van der Waals surface area contributed by atoms with Crippen molar-refractivity contribution in [2.24, 2.45) is 11.1 Å². The molecule has 1 aliphatic heterocycles. The van der Waals surface area contributed by atoms with Crippen LogP contribution in [0.1, 0.15) is 45.6 Å². The van der Waals surface area contributed by atoms with E-state index in [2.05, 4.69) is 9.89 Å². The fourth-order valence-corrected chi connectivity index (χ4v) is 2.77. The number of rotatable bonds is 10. The minimum Gasteiger partial charge on any atom is -0.494 e. The summed E-state index contributed by atoms with van der Waals surface area (Å²) in [5, 5.41) is 12.8.